The number of nitrogens with one attached hydrogen (secondary N) is 1. The van der Waals surface area contributed by atoms with Crippen molar-refractivity contribution >= 4 is 37.0 Å². The van der Waals surface area contributed by atoms with Gasteiger partial charge in [0.1, 0.15) is 4.21 Å². The molecule has 0 saturated carbocycles. The molecule has 84 valence electrons. The Morgan fingerprint density at radius 1 is 1.53 bits per heavy atom. The summed E-state index contributed by atoms with van der Waals surface area (Å²) in [5, 5.41) is 2.63. The van der Waals surface area contributed by atoms with E-state index in [4.69, 9.17) is 10.7 Å². The van der Waals surface area contributed by atoms with Crippen LogP contribution in [0.1, 0.15) is 11.8 Å². The second-order valence-electron chi connectivity index (χ2n) is 2.89. The number of amides is 1. The van der Waals surface area contributed by atoms with Crippen molar-refractivity contribution in [2.45, 2.75) is 17.6 Å². The molecule has 7 heteroatoms. The fourth-order valence-electron chi connectivity index (χ4n) is 0.985. The standard InChI is InChI=1S/C8H10ClNO3S2/c1-6(11)10-5-4-7-2-3-8(14-7)15(9,12)13/h2-3H,4-5H2,1H3,(H,10,11). The summed E-state index contributed by atoms with van der Waals surface area (Å²) >= 11 is 1.12. The molecule has 0 unspecified atom stereocenters. The van der Waals surface area contributed by atoms with Gasteiger partial charge in [0.05, 0.1) is 0 Å². The summed E-state index contributed by atoms with van der Waals surface area (Å²) in [4.78, 5) is 11.5. The van der Waals surface area contributed by atoms with Gasteiger partial charge < -0.3 is 5.32 Å². The largest absolute Gasteiger partial charge is 0.356 e. The topological polar surface area (TPSA) is 63.2 Å². The summed E-state index contributed by atoms with van der Waals surface area (Å²) in [5.41, 5.74) is 0. The lowest BCUT2D eigenvalue weighted by molar-refractivity contribution is -0.118. The van der Waals surface area contributed by atoms with E-state index >= 15 is 0 Å². The molecule has 0 saturated heterocycles. The van der Waals surface area contributed by atoms with E-state index in [-0.39, 0.29) is 10.1 Å². The van der Waals surface area contributed by atoms with Gasteiger partial charge in [-0.05, 0) is 18.6 Å². The van der Waals surface area contributed by atoms with E-state index in [1.807, 2.05) is 0 Å². The molecular weight excluding hydrogens is 258 g/mol. The molecule has 0 aliphatic rings. The van der Waals surface area contributed by atoms with Gasteiger partial charge in [0.2, 0.25) is 5.91 Å². The predicted octanol–water partition coefficient (Wildman–Crippen LogP) is 1.35. The van der Waals surface area contributed by atoms with Gasteiger partial charge in [-0.15, -0.1) is 11.3 Å². The smallest absolute Gasteiger partial charge is 0.270 e. The molecule has 1 rings (SSSR count). The first kappa shape index (κ1) is 12.5. The normalized spacial score (nSPS) is 11.3. The Bertz CT molecular complexity index is 452. The Kier molecular flexibility index (Phi) is 4.12. The minimum absolute atomic E-state index is 0.100. The zero-order valence-electron chi connectivity index (χ0n) is 7.99. The van der Waals surface area contributed by atoms with Crippen LogP contribution in [0.5, 0.6) is 0 Å². The molecule has 0 aromatic carbocycles. The molecule has 0 radical (unpaired) electrons. The average Bonchev–Trinajstić information content (AvgIpc) is 2.51. The van der Waals surface area contributed by atoms with E-state index in [9.17, 15) is 13.2 Å². The molecule has 0 bridgehead atoms. The maximum absolute atomic E-state index is 10.9. The van der Waals surface area contributed by atoms with Crippen molar-refractivity contribution in [2.75, 3.05) is 6.54 Å². The van der Waals surface area contributed by atoms with Crippen molar-refractivity contribution in [2.24, 2.45) is 0 Å². The second-order valence-corrected chi connectivity index (χ2v) is 6.85. The highest BCUT2D eigenvalue weighted by Gasteiger charge is 2.12. The van der Waals surface area contributed by atoms with Gasteiger partial charge in [-0.1, -0.05) is 0 Å². The fraction of sp³-hybridized carbons (Fsp3) is 0.375. The van der Waals surface area contributed by atoms with Crippen LogP contribution in [0.15, 0.2) is 16.3 Å². The maximum Gasteiger partial charge on any atom is 0.270 e. The fourth-order valence-corrected chi connectivity index (χ4v) is 3.11. The van der Waals surface area contributed by atoms with Crippen LogP contribution in [0.3, 0.4) is 0 Å². The van der Waals surface area contributed by atoms with Gasteiger partial charge in [0.15, 0.2) is 0 Å². The van der Waals surface area contributed by atoms with Gasteiger partial charge >= 0.3 is 0 Å². The lowest BCUT2D eigenvalue weighted by atomic mass is 10.3. The van der Waals surface area contributed by atoms with E-state index in [2.05, 4.69) is 5.32 Å². The Morgan fingerprint density at radius 3 is 2.67 bits per heavy atom. The van der Waals surface area contributed by atoms with Gasteiger partial charge in [-0.2, -0.15) is 0 Å². The number of hydrogen-bond donors (Lipinski definition) is 1. The van der Waals surface area contributed by atoms with Crippen molar-refractivity contribution < 1.29 is 13.2 Å². The summed E-state index contributed by atoms with van der Waals surface area (Å²) in [6, 6.07) is 3.16. The summed E-state index contributed by atoms with van der Waals surface area (Å²) in [5.74, 6) is -0.100. The van der Waals surface area contributed by atoms with E-state index in [1.54, 1.807) is 6.07 Å². The first-order valence-corrected chi connectivity index (χ1v) is 7.30. The Morgan fingerprint density at radius 2 is 2.20 bits per heavy atom. The molecule has 0 aliphatic heterocycles. The monoisotopic (exact) mass is 267 g/mol. The Hall–Kier alpha value is -0.590. The molecule has 0 aliphatic carbocycles. The molecule has 1 aromatic heterocycles. The Labute approximate surface area is 96.7 Å². The first-order valence-electron chi connectivity index (χ1n) is 4.17. The lowest BCUT2D eigenvalue weighted by Gasteiger charge is -1.98. The summed E-state index contributed by atoms with van der Waals surface area (Å²) in [6.07, 6.45) is 0.608. The quantitative estimate of drug-likeness (QED) is 0.838. The molecule has 4 nitrogen and oxygen atoms in total. The molecule has 1 heterocycles. The summed E-state index contributed by atoms with van der Waals surface area (Å²) in [6.45, 7) is 1.93. The van der Waals surface area contributed by atoms with Crippen molar-refractivity contribution in [3.8, 4) is 0 Å². The lowest BCUT2D eigenvalue weighted by Crippen LogP contribution is -2.21. The zero-order chi connectivity index (χ0) is 11.5. The van der Waals surface area contributed by atoms with Crippen molar-refractivity contribution in [3.05, 3.63) is 17.0 Å². The van der Waals surface area contributed by atoms with Crippen LogP contribution in [0, 0.1) is 0 Å². The minimum Gasteiger partial charge on any atom is -0.356 e. The van der Waals surface area contributed by atoms with E-state index in [1.165, 1.54) is 13.0 Å². The third kappa shape index (κ3) is 4.19. The van der Waals surface area contributed by atoms with Crippen molar-refractivity contribution in [1.29, 1.82) is 0 Å². The molecule has 1 amide bonds. The molecule has 0 atom stereocenters. The third-order valence-corrected chi connectivity index (χ3v) is 4.86. The number of carbonyl (C=O) groups excluding carboxylic acids is 1. The number of rotatable bonds is 4. The van der Waals surface area contributed by atoms with Crippen LogP contribution in [0.2, 0.25) is 0 Å². The molecular formula is C8H10ClNO3S2. The Balaban J connectivity index is 2.58. The van der Waals surface area contributed by atoms with Crippen LogP contribution < -0.4 is 5.32 Å². The van der Waals surface area contributed by atoms with Gasteiger partial charge in [0.25, 0.3) is 9.05 Å². The van der Waals surface area contributed by atoms with Crippen LogP contribution in [0.25, 0.3) is 0 Å². The molecule has 0 spiro atoms. The van der Waals surface area contributed by atoms with Gasteiger partial charge in [-0.3, -0.25) is 4.79 Å². The second kappa shape index (κ2) is 4.96. The van der Waals surface area contributed by atoms with Gasteiger partial charge in [-0.25, -0.2) is 8.42 Å². The highest BCUT2D eigenvalue weighted by Crippen LogP contribution is 2.24. The summed E-state index contributed by atoms with van der Waals surface area (Å²) in [7, 11) is 1.55. The zero-order valence-corrected chi connectivity index (χ0v) is 10.4. The highest BCUT2D eigenvalue weighted by molar-refractivity contribution is 8.15. The SMILES string of the molecule is CC(=O)NCCc1ccc(S(=O)(=O)Cl)s1. The molecule has 0 fully saturated rings. The van der Waals surface area contributed by atoms with Crippen molar-refractivity contribution in [3.63, 3.8) is 0 Å². The number of hydrogen-bond acceptors (Lipinski definition) is 4. The van der Waals surface area contributed by atoms with Crippen molar-refractivity contribution in [1.82, 2.24) is 5.32 Å². The number of carbonyl (C=O) groups is 1. The van der Waals surface area contributed by atoms with Gasteiger partial charge in [0, 0.05) is 29.0 Å². The maximum atomic E-state index is 10.9. The summed E-state index contributed by atoms with van der Waals surface area (Å²) < 4.78 is 22.0. The minimum atomic E-state index is -3.62. The predicted molar refractivity (Wildman–Crippen MR) is 59.7 cm³/mol. The van der Waals surface area contributed by atoms with E-state index in [0.717, 1.165) is 16.2 Å². The molecule has 15 heavy (non-hydrogen) atoms. The van der Waals surface area contributed by atoms with E-state index < -0.39 is 9.05 Å². The van der Waals surface area contributed by atoms with Crippen LogP contribution in [-0.4, -0.2) is 20.9 Å². The van der Waals surface area contributed by atoms with Crippen LogP contribution >= 0.6 is 22.0 Å². The van der Waals surface area contributed by atoms with Crippen LogP contribution in [0.4, 0.5) is 0 Å². The molecule has 1 aromatic rings. The third-order valence-electron chi connectivity index (χ3n) is 1.62. The molecule has 1 N–H and O–H groups in total. The first-order chi connectivity index (χ1) is 6.89. The average molecular weight is 268 g/mol. The van der Waals surface area contributed by atoms with E-state index in [0.29, 0.717) is 13.0 Å². The van der Waals surface area contributed by atoms with Crippen LogP contribution in [-0.2, 0) is 20.3 Å². The number of thiophene rings is 1. The number of halogens is 1. The highest BCUT2D eigenvalue weighted by atomic mass is 35.7.